The van der Waals surface area contributed by atoms with Crippen molar-refractivity contribution in [2.45, 2.75) is 43.0 Å². The van der Waals surface area contributed by atoms with E-state index >= 15 is 0 Å². The van der Waals surface area contributed by atoms with Crippen molar-refractivity contribution in [2.24, 2.45) is 0 Å². The fourth-order valence-corrected chi connectivity index (χ4v) is 5.24. The summed E-state index contributed by atoms with van der Waals surface area (Å²) in [5.74, 6) is 0.255. The van der Waals surface area contributed by atoms with Gasteiger partial charge < -0.3 is 35.7 Å². The highest BCUT2D eigenvalue weighted by atomic mass is 79.9. The van der Waals surface area contributed by atoms with Gasteiger partial charge in [-0.15, -0.1) is 0 Å². The summed E-state index contributed by atoms with van der Waals surface area (Å²) in [4.78, 5) is 12.3. The van der Waals surface area contributed by atoms with Crippen LogP contribution in [0.2, 0.25) is 0 Å². The van der Waals surface area contributed by atoms with Gasteiger partial charge in [0.2, 0.25) is 5.95 Å². The molecule has 0 amide bonds. The lowest BCUT2D eigenvalue weighted by atomic mass is 9.94. The normalized spacial score (nSPS) is 28.6. The monoisotopic (exact) mass is 530 g/mol. The first kappa shape index (κ1) is 21.5. The topological polar surface area (TPSA) is 155 Å². The summed E-state index contributed by atoms with van der Waals surface area (Å²) in [5.41, 5.74) is 10.8. The zero-order valence-electron chi connectivity index (χ0n) is 17.6. The first-order valence-corrected chi connectivity index (χ1v) is 11.4. The summed E-state index contributed by atoms with van der Waals surface area (Å²) < 4.78 is 28.7. The number of halogens is 2. The Kier molecular flexibility index (Phi) is 4.72. The van der Waals surface area contributed by atoms with Gasteiger partial charge in [-0.25, -0.2) is 14.4 Å². The molecule has 12 heteroatoms. The molecule has 1 aliphatic carbocycles. The molecule has 1 aliphatic heterocycles. The van der Waals surface area contributed by atoms with E-state index in [0.29, 0.717) is 28.0 Å². The molecule has 1 unspecified atom stereocenters. The van der Waals surface area contributed by atoms with E-state index in [0.717, 1.165) is 11.6 Å². The second kappa shape index (κ2) is 7.47. The van der Waals surface area contributed by atoms with Crippen LogP contribution in [0.25, 0.3) is 21.9 Å². The Morgan fingerprint density at radius 2 is 2.09 bits per heavy atom. The number of fused-ring (bicyclic) bond motifs is 3. The van der Waals surface area contributed by atoms with Gasteiger partial charge in [0.15, 0.2) is 17.7 Å². The Morgan fingerprint density at radius 1 is 1.26 bits per heavy atom. The number of ether oxygens (including phenoxy) is 2. The Bertz CT molecular complexity index is 1450. The predicted octanol–water partition coefficient (Wildman–Crippen LogP) is 2.28. The van der Waals surface area contributed by atoms with E-state index in [2.05, 4.69) is 30.9 Å². The van der Waals surface area contributed by atoms with Gasteiger partial charge in [-0.2, -0.15) is 4.98 Å². The minimum Gasteiger partial charge on any atom is -0.488 e. The lowest BCUT2D eigenvalue weighted by Gasteiger charge is -2.26. The maximum atomic E-state index is 14.5. The van der Waals surface area contributed by atoms with Crippen molar-refractivity contribution < 1.29 is 24.1 Å². The van der Waals surface area contributed by atoms with E-state index in [1.54, 1.807) is 12.1 Å². The van der Waals surface area contributed by atoms with E-state index in [1.807, 2.05) is 12.1 Å². The molecule has 1 saturated heterocycles. The number of pyridine rings is 1. The van der Waals surface area contributed by atoms with E-state index < -0.39 is 36.0 Å². The van der Waals surface area contributed by atoms with Crippen LogP contribution in [0.15, 0.2) is 41.1 Å². The SMILES string of the molecule is Nc1ncc2c(F)cn([C@@H]3O[C@@H]4[C@@H](Oc5ccc6cc(Br)c(N)nc6c5)CC[C@]4(O)C3O)c2n1. The van der Waals surface area contributed by atoms with Crippen molar-refractivity contribution in [3.8, 4) is 5.75 Å². The molecule has 176 valence electrons. The van der Waals surface area contributed by atoms with Crippen LogP contribution in [-0.4, -0.2) is 53.6 Å². The Balaban J connectivity index is 1.31. The molecule has 0 radical (unpaired) electrons. The maximum absolute atomic E-state index is 14.5. The highest BCUT2D eigenvalue weighted by Gasteiger charge is 2.63. The van der Waals surface area contributed by atoms with Crippen LogP contribution in [-0.2, 0) is 4.74 Å². The standard InChI is InChI=1S/C22H20BrFN6O4/c23-12-5-9-1-2-10(6-14(9)28-18(12)25)33-15-3-4-22(32)16(31)20(34-17(15)22)30-8-13(24)11-7-27-21(26)29-19(11)30/h1-2,5-8,15-17,20,31-32H,3-4H2,(H2,25,28)(H2,26,27,29)/t15-,16?,17+,20+,22-/m0/s1. The minimum atomic E-state index is -1.58. The molecule has 2 fully saturated rings. The van der Waals surface area contributed by atoms with Crippen molar-refractivity contribution in [3.05, 3.63) is 46.9 Å². The average Bonchev–Trinajstić information content (AvgIpc) is 3.38. The summed E-state index contributed by atoms with van der Waals surface area (Å²) in [6.45, 7) is 0. The molecule has 3 aromatic heterocycles. The summed E-state index contributed by atoms with van der Waals surface area (Å²) >= 11 is 3.37. The first-order valence-electron chi connectivity index (χ1n) is 10.6. The molecule has 4 heterocycles. The van der Waals surface area contributed by atoms with Gasteiger partial charge in [-0.3, -0.25) is 0 Å². The van der Waals surface area contributed by atoms with Crippen molar-refractivity contribution in [1.29, 1.82) is 0 Å². The molecular weight excluding hydrogens is 511 g/mol. The third kappa shape index (κ3) is 3.13. The number of aliphatic hydroxyl groups is 2. The fourth-order valence-electron chi connectivity index (χ4n) is 4.90. The minimum absolute atomic E-state index is 0.0444. The molecule has 34 heavy (non-hydrogen) atoms. The third-order valence-corrected chi connectivity index (χ3v) is 7.24. The number of hydrogen-bond donors (Lipinski definition) is 4. The van der Waals surface area contributed by atoms with Gasteiger partial charge in [0, 0.05) is 23.8 Å². The van der Waals surface area contributed by atoms with Crippen LogP contribution in [0.4, 0.5) is 16.2 Å². The Hall–Kier alpha value is -3.06. The molecule has 5 atom stereocenters. The van der Waals surface area contributed by atoms with E-state index in [1.165, 1.54) is 10.8 Å². The van der Waals surface area contributed by atoms with E-state index in [4.69, 9.17) is 20.9 Å². The van der Waals surface area contributed by atoms with Crippen LogP contribution in [0, 0.1) is 5.82 Å². The van der Waals surface area contributed by atoms with Gasteiger partial charge in [0.1, 0.15) is 35.5 Å². The fraction of sp³-hybridized carbons (Fsp3) is 0.318. The molecule has 6 N–H and O–H groups in total. The molecule has 6 rings (SSSR count). The number of anilines is 2. The lowest BCUT2D eigenvalue weighted by Crippen LogP contribution is -2.47. The van der Waals surface area contributed by atoms with Crippen LogP contribution < -0.4 is 16.2 Å². The number of nitrogens with zero attached hydrogens (tertiary/aromatic N) is 4. The molecule has 4 aromatic rings. The quantitative estimate of drug-likeness (QED) is 0.312. The van der Waals surface area contributed by atoms with Crippen LogP contribution in [0.1, 0.15) is 19.1 Å². The van der Waals surface area contributed by atoms with E-state index in [-0.39, 0.29) is 23.4 Å². The molecule has 0 spiro atoms. The highest BCUT2D eigenvalue weighted by molar-refractivity contribution is 9.10. The number of benzene rings is 1. The average molecular weight is 531 g/mol. The predicted molar refractivity (Wildman–Crippen MR) is 124 cm³/mol. The second-order valence-electron chi connectivity index (χ2n) is 8.64. The van der Waals surface area contributed by atoms with Gasteiger partial charge in [-0.05, 0) is 47.0 Å². The Morgan fingerprint density at radius 3 is 2.91 bits per heavy atom. The number of nitrogen functional groups attached to an aromatic ring is 2. The summed E-state index contributed by atoms with van der Waals surface area (Å²) in [6.07, 6.45) is -0.715. The lowest BCUT2D eigenvalue weighted by molar-refractivity contribution is -0.0791. The first-order chi connectivity index (χ1) is 16.2. The van der Waals surface area contributed by atoms with Crippen LogP contribution >= 0.6 is 15.9 Å². The summed E-state index contributed by atoms with van der Waals surface area (Å²) in [7, 11) is 0. The van der Waals surface area contributed by atoms with Gasteiger partial charge in [0.25, 0.3) is 0 Å². The molecular formula is C22H20BrFN6O4. The van der Waals surface area contributed by atoms with Gasteiger partial charge in [0.05, 0.1) is 15.4 Å². The van der Waals surface area contributed by atoms with Gasteiger partial charge in [-0.1, -0.05) is 0 Å². The molecule has 0 bridgehead atoms. The molecule has 1 saturated carbocycles. The maximum Gasteiger partial charge on any atom is 0.221 e. The molecule has 10 nitrogen and oxygen atoms in total. The summed E-state index contributed by atoms with van der Waals surface area (Å²) in [6, 6.07) is 7.27. The Labute approximate surface area is 200 Å². The van der Waals surface area contributed by atoms with E-state index in [9.17, 15) is 14.6 Å². The zero-order chi connectivity index (χ0) is 23.8. The second-order valence-corrected chi connectivity index (χ2v) is 9.49. The zero-order valence-corrected chi connectivity index (χ0v) is 19.2. The summed E-state index contributed by atoms with van der Waals surface area (Å²) in [5, 5.41) is 23.3. The van der Waals surface area contributed by atoms with Crippen molar-refractivity contribution in [3.63, 3.8) is 0 Å². The smallest absolute Gasteiger partial charge is 0.221 e. The molecule has 2 aliphatic rings. The van der Waals surface area contributed by atoms with Crippen molar-refractivity contribution in [1.82, 2.24) is 19.5 Å². The van der Waals surface area contributed by atoms with Crippen molar-refractivity contribution in [2.75, 3.05) is 11.5 Å². The number of hydrogen-bond acceptors (Lipinski definition) is 9. The third-order valence-electron chi connectivity index (χ3n) is 6.60. The van der Waals surface area contributed by atoms with Crippen LogP contribution in [0.5, 0.6) is 5.75 Å². The number of rotatable bonds is 3. The molecule has 1 aromatic carbocycles. The highest BCUT2D eigenvalue weighted by Crippen LogP contribution is 2.48. The van der Waals surface area contributed by atoms with Gasteiger partial charge >= 0.3 is 0 Å². The van der Waals surface area contributed by atoms with Crippen LogP contribution in [0.3, 0.4) is 0 Å². The largest absolute Gasteiger partial charge is 0.488 e. The van der Waals surface area contributed by atoms with Crippen molar-refractivity contribution >= 4 is 49.6 Å². The number of nitrogens with two attached hydrogens (primary N) is 2. The number of aliphatic hydroxyl groups excluding tert-OH is 1. The number of aromatic nitrogens is 4.